The summed E-state index contributed by atoms with van der Waals surface area (Å²) in [5.41, 5.74) is -7.27. The zero-order chi connectivity index (χ0) is 43.6. The predicted octanol–water partition coefficient (Wildman–Crippen LogP) is 3.57. The van der Waals surface area contributed by atoms with Gasteiger partial charge in [-0.2, -0.15) is 0 Å². The van der Waals surface area contributed by atoms with Crippen LogP contribution < -0.4 is 5.32 Å². The van der Waals surface area contributed by atoms with Crippen molar-refractivity contribution in [2.75, 3.05) is 6.61 Å². The summed E-state index contributed by atoms with van der Waals surface area (Å²) in [5, 5.41) is 51.7. The number of ketones is 1. The first-order valence-corrected chi connectivity index (χ1v) is 19.7. The van der Waals surface area contributed by atoms with Crippen LogP contribution in [0.3, 0.4) is 0 Å². The third-order valence-corrected chi connectivity index (χ3v) is 12.8. The van der Waals surface area contributed by atoms with Gasteiger partial charge < -0.3 is 49.4 Å². The maximum atomic E-state index is 15.0. The van der Waals surface area contributed by atoms with E-state index in [1.165, 1.54) is 26.0 Å². The molecule has 3 fully saturated rings. The van der Waals surface area contributed by atoms with Gasteiger partial charge in [-0.15, -0.1) is 0 Å². The zero-order valence-electron chi connectivity index (χ0n) is 34.8. The van der Waals surface area contributed by atoms with E-state index < -0.39 is 112 Å². The monoisotopic (exact) mass is 821 g/mol. The Hall–Kier alpha value is -4.67. The van der Waals surface area contributed by atoms with Crippen LogP contribution in [0.15, 0.2) is 65.7 Å². The molecule has 4 aliphatic rings. The van der Waals surface area contributed by atoms with E-state index in [2.05, 4.69) is 5.32 Å². The van der Waals surface area contributed by atoms with Gasteiger partial charge in [0.2, 0.25) is 0 Å². The number of nitrogens with one attached hydrogen (secondary N) is 1. The number of amides is 1. The lowest BCUT2D eigenvalue weighted by Crippen LogP contribution is -2.81. The molecule has 2 saturated carbocycles. The van der Waals surface area contributed by atoms with Crippen LogP contribution in [0, 0.1) is 23.7 Å². The molecule has 11 atom stereocenters. The van der Waals surface area contributed by atoms with Gasteiger partial charge in [-0.1, -0.05) is 61.9 Å². The number of carbonyl (C=O) groups excluding carboxylic acids is 5. The van der Waals surface area contributed by atoms with E-state index in [9.17, 15) is 44.4 Å². The zero-order valence-corrected chi connectivity index (χ0v) is 34.8. The number of aryl methyl sites for hydroxylation is 1. The van der Waals surface area contributed by atoms with Crippen molar-refractivity contribution in [3.63, 3.8) is 0 Å². The molecule has 1 saturated heterocycles. The SMILES string of the molecule is CC(=O)OC12CO[C@@H]1C[C@H](O)[C@@]1(C)C(=O)[C@H](O)C3=C(C)[C@@H](OC(=O)[C@H](O)[C@@H](NC(=O)OC(C)(C)C)c4ccc(C)cc4)C[C@@](O)([C@@H](OC(=O)c4ccccc4)[C@H]21)C3(C)C. The molecular formula is C44H55NO14. The Kier molecular flexibility index (Phi) is 11.5. The largest absolute Gasteiger partial charge is 0.456 e. The predicted molar refractivity (Wildman–Crippen MR) is 208 cm³/mol. The topological polar surface area (TPSA) is 224 Å². The molecule has 2 aromatic rings. The Morgan fingerprint density at radius 2 is 1.58 bits per heavy atom. The van der Waals surface area contributed by atoms with Crippen molar-refractivity contribution in [1.82, 2.24) is 5.32 Å². The van der Waals surface area contributed by atoms with Gasteiger partial charge in [-0.05, 0) is 70.4 Å². The van der Waals surface area contributed by atoms with E-state index in [0.717, 1.165) is 12.5 Å². The highest BCUT2D eigenvalue weighted by Gasteiger charge is 2.78. The van der Waals surface area contributed by atoms with Crippen LogP contribution in [-0.2, 0) is 38.1 Å². The third-order valence-electron chi connectivity index (χ3n) is 12.8. The molecule has 15 nitrogen and oxygen atoms in total. The number of hydrogen-bond donors (Lipinski definition) is 5. The summed E-state index contributed by atoms with van der Waals surface area (Å²) in [5.74, 6) is -5.36. The average molecular weight is 822 g/mol. The number of hydrogen-bond acceptors (Lipinski definition) is 14. The number of rotatable bonds is 8. The molecule has 2 aromatic carbocycles. The normalized spacial score (nSPS) is 33.3. The van der Waals surface area contributed by atoms with Crippen molar-refractivity contribution < 1.29 is 68.1 Å². The first-order chi connectivity index (χ1) is 27.4. The minimum absolute atomic E-state index is 0.0633. The minimum Gasteiger partial charge on any atom is -0.456 e. The molecule has 3 aliphatic carbocycles. The second-order valence-electron chi connectivity index (χ2n) is 18.1. The highest BCUT2D eigenvalue weighted by atomic mass is 16.6. The number of carbonyl (C=O) groups is 5. The third kappa shape index (κ3) is 7.45. The molecule has 0 spiro atoms. The van der Waals surface area contributed by atoms with E-state index in [-0.39, 0.29) is 29.7 Å². The first-order valence-electron chi connectivity index (χ1n) is 19.7. The van der Waals surface area contributed by atoms with E-state index in [1.54, 1.807) is 77.1 Å². The fourth-order valence-electron chi connectivity index (χ4n) is 9.67. The van der Waals surface area contributed by atoms with Crippen molar-refractivity contribution in [2.45, 2.75) is 135 Å². The summed E-state index contributed by atoms with van der Waals surface area (Å²) in [4.78, 5) is 69.1. The Morgan fingerprint density at radius 3 is 2.14 bits per heavy atom. The van der Waals surface area contributed by atoms with Crippen molar-refractivity contribution in [2.24, 2.45) is 16.7 Å². The van der Waals surface area contributed by atoms with Gasteiger partial charge in [0.25, 0.3) is 0 Å². The van der Waals surface area contributed by atoms with E-state index in [4.69, 9.17) is 23.7 Å². The number of Topliss-reactive ketones (excluding diaryl/α,β-unsaturated/α-hetero) is 1. The minimum atomic E-state index is -2.36. The summed E-state index contributed by atoms with van der Waals surface area (Å²) in [6, 6.07) is 13.2. The fourth-order valence-corrected chi connectivity index (χ4v) is 9.67. The van der Waals surface area contributed by atoms with Gasteiger partial charge >= 0.3 is 24.0 Å². The Labute approximate surface area is 343 Å². The molecule has 1 heterocycles. The van der Waals surface area contributed by atoms with Gasteiger partial charge in [0.05, 0.1) is 35.6 Å². The van der Waals surface area contributed by atoms with Crippen LogP contribution in [0.25, 0.3) is 0 Å². The van der Waals surface area contributed by atoms with Crippen molar-refractivity contribution in [3.8, 4) is 0 Å². The lowest BCUT2D eigenvalue weighted by atomic mass is 9.44. The van der Waals surface area contributed by atoms with Crippen molar-refractivity contribution >= 4 is 29.8 Å². The maximum Gasteiger partial charge on any atom is 0.408 e. The molecular weight excluding hydrogens is 766 g/mol. The quantitative estimate of drug-likeness (QED) is 0.146. The molecule has 320 valence electrons. The summed E-state index contributed by atoms with van der Waals surface area (Å²) in [6.45, 7) is 13.6. The second kappa shape index (κ2) is 15.4. The molecule has 15 heteroatoms. The van der Waals surface area contributed by atoms with Crippen LogP contribution in [0.1, 0.15) is 95.8 Å². The van der Waals surface area contributed by atoms with Crippen LogP contribution in [0.2, 0.25) is 0 Å². The Balaban J connectivity index is 1.49. The van der Waals surface area contributed by atoms with Crippen molar-refractivity contribution in [1.29, 1.82) is 0 Å². The lowest BCUT2D eigenvalue weighted by Gasteiger charge is -2.67. The number of alkyl carbamates (subject to hydrolysis) is 1. The number of esters is 3. The number of aliphatic hydroxyl groups excluding tert-OH is 3. The number of fused-ring (bicyclic) bond motifs is 5. The van der Waals surface area contributed by atoms with E-state index in [1.807, 2.05) is 6.92 Å². The summed E-state index contributed by atoms with van der Waals surface area (Å²) >= 11 is 0. The van der Waals surface area contributed by atoms with Crippen LogP contribution in [0.5, 0.6) is 0 Å². The highest BCUT2D eigenvalue weighted by Crippen LogP contribution is 2.64. The molecule has 5 N–H and O–H groups in total. The summed E-state index contributed by atoms with van der Waals surface area (Å²) in [7, 11) is 0. The molecule has 1 unspecified atom stereocenters. The smallest absolute Gasteiger partial charge is 0.408 e. The van der Waals surface area contributed by atoms with Gasteiger partial charge in [0.15, 0.2) is 17.5 Å². The van der Waals surface area contributed by atoms with Gasteiger partial charge in [-0.3, -0.25) is 9.59 Å². The summed E-state index contributed by atoms with van der Waals surface area (Å²) < 4.78 is 29.6. The van der Waals surface area contributed by atoms with Crippen LogP contribution in [0.4, 0.5) is 4.79 Å². The highest BCUT2D eigenvalue weighted by molar-refractivity contribution is 5.94. The molecule has 0 radical (unpaired) electrons. The molecule has 0 aromatic heterocycles. The number of aliphatic hydroxyl groups is 4. The van der Waals surface area contributed by atoms with Crippen LogP contribution in [-0.4, -0.2) is 110 Å². The average Bonchev–Trinajstić information content (AvgIpc) is 3.15. The lowest BCUT2D eigenvalue weighted by molar-refractivity contribution is -0.346. The molecule has 2 bridgehead atoms. The molecule has 1 amide bonds. The van der Waals surface area contributed by atoms with Crippen molar-refractivity contribution in [3.05, 3.63) is 82.4 Å². The summed E-state index contributed by atoms with van der Waals surface area (Å²) in [6.07, 6.45) is -11.5. The van der Waals surface area contributed by atoms with Gasteiger partial charge in [-0.25, -0.2) is 14.4 Å². The first kappa shape index (κ1) is 43.9. The number of ether oxygens (including phenoxy) is 5. The van der Waals surface area contributed by atoms with Crippen LogP contribution >= 0.6 is 0 Å². The van der Waals surface area contributed by atoms with Gasteiger partial charge in [0.1, 0.15) is 35.6 Å². The Bertz CT molecular complexity index is 2020. The Morgan fingerprint density at radius 1 is 0.949 bits per heavy atom. The molecule has 1 aliphatic heterocycles. The maximum absolute atomic E-state index is 15.0. The molecule has 59 heavy (non-hydrogen) atoms. The number of benzene rings is 2. The van der Waals surface area contributed by atoms with E-state index >= 15 is 0 Å². The van der Waals surface area contributed by atoms with Gasteiger partial charge in [0, 0.05) is 25.2 Å². The molecule has 6 rings (SSSR count). The standard InChI is InChI=1S/C44H55NO14/c1-22-15-17-25(18-16-22)31(45-39(53)59-40(4,5)6)33(49)38(52)56-27-20-44(54)36(57-37(51)26-13-11-10-12-14-26)34-42(9,35(50)32(48)30(23(27)2)41(44,7)8)28(47)19-29-43(34,21-55-29)58-24(3)46/h10-18,27-29,31-34,36,47-49,54H,19-21H2,1-9H3,(H,45,53)/t27-,28-,29+,31-,32+,33+,34-,36-,42+,43?,44+/m0/s1. The van der Waals surface area contributed by atoms with E-state index in [0.29, 0.717) is 5.56 Å². The second-order valence-corrected chi connectivity index (χ2v) is 18.1. The fraction of sp³-hybridized carbons (Fsp3) is 0.568.